The Morgan fingerprint density at radius 2 is 2.24 bits per heavy atom. The van der Waals surface area contributed by atoms with Crippen molar-refractivity contribution < 1.29 is 9.90 Å². The normalized spacial score (nSPS) is 10.7. The van der Waals surface area contributed by atoms with Gasteiger partial charge in [0.2, 0.25) is 5.91 Å². The average Bonchev–Trinajstić information content (AvgIpc) is 2.48. The minimum atomic E-state index is -0.186. The molecule has 0 aliphatic heterocycles. The van der Waals surface area contributed by atoms with Crippen molar-refractivity contribution in [1.82, 2.24) is 10.3 Å². The highest BCUT2D eigenvalue weighted by atomic mass is 16.3. The molecule has 0 saturated heterocycles. The molecule has 5 nitrogen and oxygen atoms in total. The third-order valence-electron chi connectivity index (χ3n) is 2.91. The highest BCUT2D eigenvalue weighted by molar-refractivity contribution is 5.91. The Morgan fingerprint density at radius 3 is 2.95 bits per heavy atom. The molecule has 0 saturated carbocycles. The second kappa shape index (κ2) is 7.09. The average molecular weight is 283 g/mol. The molecule has 0 aliphatic rings. The monoisotopic (exact) mass is 283 g/mol. The van der Waals surface area contributed by atoms with Gasteiger partial charge in [-0.25, -0.2) is 0 Å². The van der Waals surface area contributed by atoms with Crippen LogP contribution in [0.5, 0.6) is 5.75 Å². The van der Waals surface area contributed by atoms with Crippen LogP contribution in [-0.2, 0) is 11.2 Å². The molecule has 1 heterocycles. The number of aromatic nitrogens is 1. The van der Waals surface area contributed by atoms with E-state index in [0.29, 0.717) is 18.7 Å². The number of hydrogen-bond acceptors (Lipinski definition) is 4. The molecule has 0 spiro atoms. The van der Waals surface area contributed by atoms with E-state index in [1.54, 1.807) is 30.6 Å². The lowest BCUT2D eigenvalue weighted by Crippen LogP contribution is -2.23. The number of benzene rings is 1. The van der Waals surface area contributed by atoms with Crippen LogP contribution in [-0.4, -0.2) is 22.5 Å². The Kier molecular flexibility index (Phi) is 4.93. The molecule has 0 atom stereocenters. The molecule has 0 aliphatic carbocycles. The number of carbonyl (C=O) groups is 1. The van der Waals surface area contributed by atoms with Crippen molar-refractivity contribution in [2.75, 3.05) is 12.3 Å². The second-order valence-corrected chi connectivity index (χ2v) is 4.55. The first-order valence-corrected chi connectivity index (χ1v) is 6.58. The quantitative estimate of drug-likeness (QED) is 0.576. The van der Waals surface area contributed by atoms with E-state index in [9.17, 15) is 9.90 Å². The van der Waals surface area contributed by atoms with E-state index in [-0.39, 0.29) is 11.7 Å². The minimum Gasteiger partial charge on any atom is -0.508 e. The Hall–Kier alpha value is -2.82. The highest BCUT2D eigenvalue weighted by Gasteiger charge is 2.02. The van der Waals surface area contributed by atoms with Crippen LogP contribution in [0.2, 0.25) is 0 Å². The number of amides is 1. The van der Waals surface area contributed by atoms with Gasteiger partial charge in [0, 0.05) is 36.8 Å². The topological polar surface area (TPSA) is 88.2 Å². The lowest BCUT2D eigenvalue weighted by atomic mass is 10.1. The van der Waals surface area contributed by atoms with Crippen molar-refractivity contribution in [3.8, 4) is 5.75 Å². The van der Waals surface area contributed by atoms with Gasteiger partial charge in [-0.2, -0.15) is 0 Å². The highest BCUT2D eigenvalue weighted by Crippen LogP contribution is 2.20. The van der Waals surface area contributed by atoms with Crippen molar-refractivity contribution in [1.29, 1.82) is 0 Å². The molecule has 5 heteroatoms. The van der Waals surface area contributed by atoms with Gasteiger partial charge in [0.1, 0.15) is 5.75 Å². The lowest BCUT2D eigenvalue weighted by molar-refractivity contribution is -0.116. The molecule has 108 valence electrons. The molecule has 2 rings (SSSR count). The van der Waals surface area contributed by atoms with E-state index in [4.69, 9.17) is 5.73 Å². The standard InChI is InChI=1S/C16H17N3O2/c17-14-5-4-13(15(20)10-14)7-9-19-16(21)6-3-12-2-1-8-18-11-12/h1-6,8,10-11,20H,7,9,17H2,(H,19,21)/b6-3+. The van der Waals surface area contributed by atoms with Crippen LogP contribution in [0, 0.1) is 0 Å². The molecule has 0 radical (unpaired) electrons. The van der Waals surface area contributed by atoms with Crippen LogP contribution in [0.4, 0.5) is 5.69 Å². The summed E-state index contributed by atoms with van der Waals surface area (Å²) in [6, 6.07) is 8.64. The third-order valence-corrected chi connectivity index (χ3v) is 2.91. The van der Waals surface area contributed by atoms with Gasteiger partial charge in [-0.15, -0.1) is 0 Å². The number of anilines is 1. The fraction of sp³-hybridized carbons (Fsp3) is 0.125. The largest absolute Gasteiger partial charge is 0.508 e. The van der Waals surface area contributed by atoms with Gasteiger partial charge in [-0.1, -0.05) is 12.1 Å². The summed E-state index contributed by atoms with van der Waals surface area (Å²) in [6.07, 6.45) is 7.05. The van der Waals surface area contributed by atoms with E-state index in [2.05, 4.69) is 10.3 Å². The van der Waals surface area contributed by atoms with Gasteiger partial charge in [-0.3, -0.25) is 9.78 Å². The first-order chi connectivity index (χ1) is 10.1. The fourth-order valence-corrected chi connectivity index (χ4v) is 1.82. The SMILES string of the molecule is Nc1ccc(CCNC(=O)/C=C/c2cccnc2)c(O)c1. The van der Waals surface area contributed by atoms with Crippen LogP contribution in [0.3, 0.4) is 0 Å². The predicted octanol–water partition coefficient (Wildman–Crippen LogP) is 1.74. The van der Waals surface area contributed by atoms with Crippen molar-refractivity contribution in [2.45, 2.75) is 6.42 Å². The third kappa shape index (κ3) is 4.65. The number of nitrogen functional groups attached to an aromatic ring is 1. The molecule has 1 amide bonds. The summed E-state index contributed by atoms with van der Waals surface area (Å²) in [4.78, 5) is 15.6. The van der Waals surface area contributed by atoms with Crippen LogP contribution < -0.4 is 11.1 Å². The molecule has 2 aromatic rings. The predicted molar refractivity (Wildman–Crippen MR) is 82.5 cm³/mol. The van der Waals surface area contributed by atoms with Crippen molar-refractivity contribution >= 4 is 17.7 Å². The Balaban J connectivity index is 1.80. The molecular weight excluding hydrogens is 266 g/mol. The summed E-state index contributed by atoms with van der Waals surface area (Å²) >= 11 is 0. The van der Waals surface area contributed by atoms with Crippen LogP contribution >= 0.6 is 0 Å². The zero-order chi connectivity index (χ0) is 15.1. The van der Waals surface area contributed by atoms with E-state index in [1.165, 1.54) is 12.1 Å². The van der Waals surface area contributed by atoms with E-state index < -0.39 is 0 Å². The van der Waals surface area contributed by atoms with Crippen molar-refractivity contribution in [3.63, 3.8) is 0 Å². The van der Waals surface area contributed by atoms with Gasteiger partial charge in [0.05, 0.1) is 0 Å². The smallest absolute Gasteiger partial charge is 0.244 e. The van der Waals surface area contributed by atoms with Gasteiger partial charge >= 0.3 is 0 Å². The zero-order valence-electron chi connectivity index (χ0n) is 11.5. The number of nitrogens with one attached hydrogen (secondary N) is 1. The van der Waals surface area contributed by atoms with Gasteiger partial charge in [0.15, 0.2) is 0 Å². The summed E-state index contributed by atoms with van der Waals surface area (Å²) in [6.45, 7) is 0.438. The van der Waals surface area contributed by atoms with Crippen LogP contribution in [0.15, 0.2) is 48.8 Å². The Morgan fingerprint density at radius 1 is 1.38 bits per heavy atom. The van der Waals surface area contributed by atoms with E-state index in [0.717, 1.165) is 11.1 Å². The number of phenols is 1. The Bertz CT molecular complexity index is 639. The number of nitrogens with two attached hydrogens (primary N) is 1. The molecular formula is C16H17N3O2. The summed E-state index contributed by atoms with van der Waals surface area (Å²) in [7, 11) is 0. The number of carbonyl (C=O) groups excluding carboxylic acids is 1. The molecule has 4 N–H and O–H groups in total. The maximum absolute atomic E-state index is 11.6. The first kappa shape index (κ1) is 14.6. The molecule has 1 aromatic heterocycles. The molecule has 1 aromatic carbocycles. The van der Waals surface area contributed by atoms with Crippen molar-refractivity contribution in [2.24, 2.45) is 0 Å². The number of nitrogens with zero attached hydrogens (tertiary/aromatic N) is 1. The maximum Gasteiger partial charge on any atom is 0.244 e. The number of hydrogen-bond donors (Lipinski definition) is 3. The lowest BCUT2D eigenvalue weighted by Gasteiger charge is -2.06. The molecule has 0 unspecified atom stereocenters. The number of aromatic hydroxyl groups is 1. The molecule has 0 fully saturated rings. The summed E-state index contributed by atoms with van der Waals surface area (Å²) in [5.41, 5.74) is 7.68. The molecule has 21 heavy (non-hydrogen) atoms. The minimum absolute atomic E-state index is 0.148. The van der Waals surface area contributed by atoms with E-state index >= 15 is 0 Å². The number of pyridine rings is 1. The summed E-state index contributed by atoms with van der Waals surface area (Å²) in [5, 5.41) is 12.4. The van der Waals surface area contributed by atoms with Crippen LogP contribution in [0.25, 0.3) is 6.08 Å². The van der Waals surface area contributed by atoms with E-state index in [1.807, 2.05) is 12.1 Å². The van der Waals surface area contributed by atoms with Gasteiger partial charge < -0.3 is 16.2 Å². The Labute approximate surface area is 123 Å². The summed E-state index contributed by atoms with van der Waals surface area (Å²) in [5.74, 6) is -0.0380. The number of rotatable bonds is 5. The van der Waals surface area contributed by atoms with Crippen LogP contribution in [0.1, 0.15) is 11.1 Å². The first-order valence-electron chi connectivity index (χ1n) is 6.58. The fourth-order valence-electron chi connectivity index (χ4n) is 1.82. The number of phenolic OH excluding ortho intramolecular Hbond substituents is 1. The zero-order valence-corrected chi connectivity index (χ0v) is 11.5. The second-order valence-electron chi connectivity index (χ2n) is 4.55. The summed E-state index contributed by atoms with van der Waals surface area (Å²) < 4.78 is 0. The molecule has 0 bridgehead atoms. The van der Waals surface area contributed by atoms with Crippen molar-refractivity contribution in [3.05, 3.63) is 59.9 Å². The maximum atomic E-state index is 11.6. The van der Waals surface area contributed by atoms with Gasteiger partial charge in [-0.05, 0) is 35.8 Å². The van der Waals surface area contributed by atoms with Gasteiger partial charge in [0.25, 0.3) is 0 Å².